The number of nitrogens with zero attached hydrogens (tertiary/aromatic N) is 1. The third-order valence-corrected chi connectivity index (χ3v) is 5.98. The van der Waals surface area contributed by atoms with E-state index in [-0.39, 0.29) is 11.8 Å². The minimum atomic E-state index is -0.443. The van der Waals surface area contributed by atoms with Crippen LogP contribution < -0.4 is 15.5 Å². The number of allylic oxidation sites excluding steroid dienone is 1. The summed E-state index contributed by atoms with van der Waals surface area (Å²) >= 11 is 1.56. The molecule has 1 aromatic carbocycles. The van der Waals surface area contributed by atoms with Crippen molar-refractivity contribution in [3.8, 4) is 0 Å². The Morgan fingerprint density at radius 3 is 2.93 bits per heavy atom. The molecule has 2 amide bonds. The molecule has 2 heterocycles. The molecule has 0 fully saturated rings. The summed E-state index contributed by atoms with van der Waals surface area (Å²) in [6.07, 6.45) is 2.14. The van der Waals surface area contributed by atoms with E-state index in [1.165, 1.54) is 0 Å². The number of anilines is 2. The molecule has 0 saturated carbocycles. The maximum absolute atomic E-state index is 13.3. The van der Waals surface area contributed by atoms with Gasteiger partial charge in [0, 0.05) is 36.2 Å². The van der Waals surface area contributed by atoms with Gasteiger partial charge in [-0.05, 0) is 36.4 Å². The van der Waals surface area contributed by atoms with Crippen molar-refractivity contribution in [2.75, 3.05) is 30.5 Å². The highest BCUT2D eigenvalue weighted by Crippen LogP contribution is 2.45. The zero-order chi connectivity index (χ0) is 19.5. The number of fused-ring (bicyclic) bond motifs is 1. The van der Waals surface area contributed by atoms with Crippen LogP contribution in [0.15, 0.2) is 53.0 Å². The number of nitrogens with one attached hydrogen (secondary N) is 2. The third-order valence-electron chi connectivity index (χ3n) is 5.05. The smallest absolute Gasteiger partial charge is 0.322 e. The molecule has 1 atom stereocenters. The summed E-state index contributed by atoms with van der Waals surface area (Å²) in [5.74, 6) is 0.106. The summed E-state index contributed by atoms with van der Waals surface area (Å²) in [5.41, 5.74) is 3.23. The van der Waals surface area contributed by atoms with Crippen LogP contribution >= 0.6 is 11.3 Å². The van der Waals surface area contributed by atoms with E-state index >= 15 is 0 Å². The van der Waals surface area contributed by atoms with Crippen molar-refractivity contribution in [3.05, 3.63) is 57.9 Å². The quantitative estimate of drug-likeness (QED) is 0.763. The topological polar surface area (TPSA) is 70.7 Å². The first-order chi connectivity index (χ1) is 13.7. The number of methoxy groups -OCH3 is 1. The van der Waals surface area contributed by atoms with Crippen molar-refractivity contribution in [1.29, 1.82) is 0 Å². The predicted octanol–water partition coefficient (Wildman–Crippen LogP) is 4.08. The van der Waals surface area contributed by atoms with Crippen LogP contribution in [-0.4, -0.2) is 32.1 Å². The number of amides is 2. The molecule has 0 unspecified atom stereocenters. The number of hydrogen-bond donors (Lipinski definition) is 2. The zero-order valence-corrected chi connectivity index (χ0v) is 16.6. The fourth-order valence-corrected chi connectivity index (χ4v) is 4.64. The molecule has 0 radical (unpaired) electrons. The van der Waals surface area contributed by atoms with Crippen LogP contribution in [0.1, 0.15) is 30.2 Å². The van der Waals surface area contributed by atoms with Crippen molar-refractivity contribution in [3.63, 3.8) is 0 Å². The molecule has 0 bridgehead atoms. The maximum Gasteiger partial charge on any atom is 0.322 e. The van der Waals surface area contributed by atoms with Gasteiger partial charge in [-0.2, -0.15) is 0 Å². The monoisotopic (exact) mass is 397 g/mol. The van der Waals surface area contributed by atoms with E-state index < -0.39 is 6.04 Å². The van der Waals surface area contributed by atoms with Gasteiger partial charge in [0.1, 0.15) is 6.04 Å². The number of ether oxygens (including phenoxy) is 1. The highest BCUT2D eigenvalue weighted by atomic mass is 32.1. The van der Waals surface area contributed by atoms with E-state index in [1.54, 1.807) is 23.3 Å². The van der Waals surface area contributed by atoms with Gasteiger partial charge in [0.05, 0.1) is 18.0 Å². The molecule has 0 spiro atoms. The normalized spacial score (nSPS) is 18.8. The molecule has 6 nitrogen and oxygen atoms in total. The number of Topliss-reactive ketones (excluding diaryl/α,β-unsaturated/α-hetero) is 1. The molecular formula is C21H23N3O3S. The fraction of sp³-hybridized carbons (Fsp3) is 0.333. The predicted molar refractivity (Wildman–Crippen MR) is 111 cm³/mol. The van der Waals surface area contributed by atoms with Crippen LogP contribution in [0.25, 0.3) is 0 Å². The third kappa shape index (κ3) is 3.43. The number of ketones is 1. The Balaban J connectivity index is 1.87. The first-order valence-corrected chi connectivity index (χ1v) is 10.3. The van der Waals surface area contributed by atoms with Gasteiger partial charge in [0.25, 0.3) is 0 Å². The van der Waals surface area contributed by atoms with Gasteiger partial charge in [0.15, 0.2) is 5.78 Å². The second-order valence-corrected chi connectivity index (χ2v) is 7.80. The molecule has 146 valence electrons. The average molecular weight is 398 g/mol. The van der Waals surface area contributed by atoms with E-state index in [4.69, 9.17) is 4.74 Å². The van der Waals surface area contributed by atoms with E-state index in [2.05, 4.69) is 10.6 Å². The molecule has 1 aromatic heterocycles. The summed E-state index contributed by atoms with van der Waals surface area (Å²) in [4.78, 5) is 29.0. The highest BCUT2D eigenvalue weighted by molar-refractivity contribution is 7.10. The number of benzene rings is 1. The zero-order valence-electron chi connectivity index (χ0n) is 15.7. The van der Waals surface area contributed by atoms with Crippen molar-refractivity contribution in [1.82, 2.24) is 5.32 Å². The van der Waals surface area contributed by atoms with Crippen LogP contribution in [0, 0.1) is 0 Å². The molecule has 7 heteroatoms. The van der Waals surface area contributed by atoms with Gasteiger partial charge in [0.2, 0.25) is 0 Å². The van der Waals surface area contributed by atoms with Crippen molar-refractivity contribution < 1.29 is 14.3 Å². The Morgan fingerprint density at radius 2 is 2.14 bits per heavy atom. The van der Waals surface area contributed by atoms with Crippen LogP contribution in [-0.2, 0) is 9.53 Å². The summed E-state index contributed by atoms with van der Waals surface area (Å²) in [6, 6.07) is 11.0. The fourth-order valence-electron chi connectivity index (χ4n) is 3.82. The number of thiophene rings is 1. The van der Waals surface area contributed by atoms with Crippen LogP contribution in [0.2, 0.25) is 0 Å². The molecular weight excluding hydrogens is 374 g/mol. The highest BCUT2D eigenvalue weighted by Gasteiger charge is 2.39. The lowest BCUT2D eigenvalue weighted by Crippen LogP contribution is -2.44. The SMILES string of the molecule is COCCNC(=O)N1c2ccccc2NC2=C(C(=O)CCC2)[C@@H]1c1cccs1. The Bertz CT molecular complexity index is 907. The Hall–Kier alpha value is -2.64. The number of urea groups is 1. The van der Waals surface area contributed by atoms with Gasteiger partial charge < -0.3 is 15.4 Å². The Morgan fingerprint density at radius 1 is 1.29 bits per heavy atom. The second kappa shape index (κ2) is 8.16. The van der Waals surface area contributed by atoms with Crippen molar-refractivity contribution in [2.24, 2.45) is 0 Å². The van der Waals surface area contributed by atoms with Crippen LogP contribution in [0.4, 0.5) is 16.2 Å². The van der Waals surface area contributed by atoms with Gasteiger partial charge in [-0.15, -0.1) is 11.3 Å². The second-order valence-electron chi connectivity index (χ2n) is 6.82. The van der Waals surface area contributed by atoms with Crippen LogP contribution in [0.3, 0.4) is 0 Å². The van der Waals surface area contributed by atoms with Gasteiger partial charge in [-0.1, -0.05) is 18.2 Å². The summed E-state index contributed by atoms with van der Waals surface area (Å²) in [6.45, 7) is 0.828. The average Bonchev–Trinajstić information content (AvgIpc) is 3.17. The largest absolute Gasteiger partial charge is 0.383 e. The molecule has 2 aliphatic rings. The summed E-state index contributed by atoms with van der Waals surface area (Å²) < 4.78 is 5.07. The maximum atomic E-state index is 13.3. The van der Waals surface area contributed by atoms with E-state index in [0.717, 1.165) is 34.8 Å². The molecule has 0 saturated heterocycles. The van der Waals surface area contributed by atoms with Crippen molar-refractivity contribution in [2.45, 2.75) is 25.3 Å². The molecule has 28 heavy (non-hydrogen) atoms. The number of rotatable bonds is 4. The van der Waals surface area contributed by atoms with Gasteiger partial charge in [-0.25, -0.2) is 4.79 Å². The van der Waals surface area contributed by atoms with E-state index in [9.17, 15) is 9.59 Å². The standard InChI is InChI=1S/C21H23N3O3S/c1-27-12-11-22-21(26)24-16-8-3-2-6-14(16)23-15-7-4-9-17(25)19(15)20(24)18-10-5-13-28-18/h2-3,5-6,8,10,13,20,23H,4,7,9,11-12H2,1H3,(H,22,26)/t20-/m0/s1. The lowest BCUT2D eigenvalue weighted by molar-refractivity contribution is -0.116. The van der Waals surface area contributed by atoms with E-state index in [0.29, 0.717) is 25.1 Å². The van der Waals surface area contributed by atoms with Crippen LogP contribution in [0.5, 0.6) is 0 Å². The number of carbonyl (C=O) groups is 2. The molecule has 1 aliphatic heterocycles. The van der Waals surface area contributed by atoms with Crippen molar-refractivity contribution >= 4 is 34.5 Å². The van der Waals surface area contributed by atoms with Gasteiger partial charge >= 0.3 is 6.03 Å². The first kappa shape index (κ1) is 18.7. The lowest BCUT2D eigenvalue weighted by atomic mass is 9.88. The molecule has 2 aromatic rings. The van der Waals surface area contributed by atoms with E-state index in [1.807, 2.05) is 41.8 Å². The molecule has 4 rings (SSSR count). The number of hydrogen-bond acceptors (Lipinski definition) is 5. The minimum absolute atomic E-state index is 0.106. The minimum Gasteiger partial charge on any atom is -0.383 e. The molecule has 2 N–H and O–H groups in total. The number of carbonyl (C=O) groups excluding carboxylic acids is 2. The summed E-state index contributed by atoms with van der Waals surface area (Å²) in [5, 5.41) is 8.36. The summed E-state index contributed by atoms with van der Waals surface area (Å²) in [7, 11) is 1.60. The molecule has 1 aliphatic carbocycles. The first-order valence-electron chi connectivity index (χ1n) is 9.42. The lowest BCUT2D eigenvalue weighted by Gasteiger charge is -2.33. The number of para-hydroxylation sites is 2. The Kier molecular flexibility index (Phi) is 5.45. The Labute approximate surface area is 168 Å². The van der Waals surface area contributed by atoms with Gasteiger partial charge in [-0.3, -0.25) is 9.69 Å².